The molecule has 0 saturated carbocycles. The molecule has 3 rings (SSSR count). The molecule has 0 aliphatic carbocycles. The first kappa shape index (κ1) is 16.8. The third kappa shape index (κ3) is 3.15. The van der Waals surface area contributed by atoms with Crippen LogP contribution in [0.1, 0.15) is 33.0 Å². The molecule has 0 unspecified atom stereocenters. The largest absolute Gasteiger partial charge is 0.485 e. The van der Waals surface area contributed by atoms with Crippen LogP contribution in [0.5, 0.6) is 5.75 Å². The molecule has 0 aliphatic heterocycles. The van der Waals surface area contributed by atoms with Gasteiger partial charge >= 0.3 is 11.6 Å². The third-order valence-corrected chi connectivity index (χ3v) is 4.07. The lowest BCUT2D eigenvalue weighted by Gasteiger charge is -2.12. The molecule has 3 aromatic rings. The maximum atomic E-state index is 11.9. The van der Waals surface area contributed by atoms with Gasteiger partial charge in [-0.2, -0.15) is 0 Å². The Morgan fingerprint density at radius 1 is 1.08 bits per heavy atom. The smallest absolute Gasteiger partial charge is 0.373 e. The standard InChI is InChI=1S/C19H18O6/c1-10-7-15(17-11(2)12(3)18(20)25-16(17)8-10)23-9-13-5-6-14(24-13)19(21)22-4/h5-8H,9H2,1-4H3. The van der Waals surface area contributed by atoms with Crippen LogP contribution in [0.2, 0.25) is 0 Å². The molecule has 1 aromatic carbocycles. The fraction of sp³-hybridized carbons (Fsp3) is 0.263. The van der Waals surface area contributed by atoms with E-state index in [1.54, 1.807) is 19.1 Å². The molecule has 0 amide bonds. The van der Waals surface area contributed by atoms with Gasteiger partial charge in [-0.05, 0) is 56.2 Å². The van der Waals surface area contributed by atoms with Crippen molar-refractivity contribution in [3.8, 4) is 5.75 Å². The Hall–Kier alpha value is -3.02. The van der Waals surface area contributed by atoms with Crippen LogP contribution in [-0.4, -0.2) is 13.1 Å². The van der Waals surface area contributed by atoms with Crippen LogP contribution in [0.3, 0.4) is 0 Å². The van der Waals surface area contributed by atoms with E-state index < -0.39 is 5.97 Å². The molecular formula is C19H18O6. The number of aryl methyl sites for hydroxylation is 2. The average molecular weight is 342 g/mol. The van der Waals surface area contributed by atoms with Crippen molar-refractivity contribution in [2.24, 2.45) is 0 Å². The van der Waals surface area contributed by atoms with Crippen LogP contribution in [-0.2, 0) is 11.3 Å². The summed E-state index contributed by atoms with van der Waals surface area (Å²) in [5, 5.41) is 0.752. The summed E-state index contributed by atoms with van der Waals surface area (Å²) in [5.74, 6) is 0.658. The minimum Gasteiger partial charge on any atom is -0.485 e. The van der Waals surface area contributed by atoms with E-state index in [1.165, 1.54) is 13.2 Å². The molecule has 6 heteroatoms. The van der Waals surface area contributed by atoms with Crippen molar-refractivity contribution in [1.82, 2.24) is 0 Å². The van der Waals surface area contributed by atoms with Crippen molar-refractivity contribution in [2.45, 2.75) is 27.4 Å². The zero-order chi connectivity index (χ0) is 18.1. The highest BCUT2D eigenvalue weighted by Crippen LogP contribution is 2.31. The number of benzene rings is 1. The highest BCUT2D eigenvalue weighted by molar-refractivity contribution is 5.88. The number of carbonyl (C=O) groups is 1. The second-order valence-corrected chi connectivity index (χ2v) is 5.82. The van der Waals surface area contributed by atoms with Gasteiger partial charge in [0.1, 0.15) is 23.7 Å². The molecule has 0 fully saturated rings. The van der Waals surface area contributed by atoms with Crippen molar-refractivity contribution in [2.75, 3.05) is 7.11 Å². The first-order valence-corrected chi connectivity index (χ1v) is 7.75. The zero-order valence-corrected chi connectivity index (χ0v) is 14.5. The molecule has 2 heterocycles. The fourth-order valence-electron chi connectivity index (χ4n) is 2.62. The number of ether oxygens (including phenoxy) is 2. The molecule has 130 valence electrons. The van der Waals surface area contributed by atoms with Crippen LogP contribution in [0.4, 0.5) is 0 Å². The zero-order valence-electron chi connectivity index (χ0n) is 14.5. The Morgan fingerprint density at radius 3 is 2.56 bits per heavy atom. The second-order valence-electron chi connectivity index (χ2n) is 5.82. The van der Waals surface area contributed by atoms with E-state index in [0.717, 1.165) is 16.5 Å². The van der Waals surface area contributed by atoms with E-state index in [0.29, 0.717) is 22.7 Å². The minimum absolute atomic E-state index is 0.119. The van der Waals surface area contributed by atoms with Crippen LogP contribution in [0.25, 0.3) is 11.0 Å². The van der Waals surface area contributed by atoms with Gasteiger partial charge in [0.05, 0.1) is 12.5 Å². The van der Waals surface area contributed by atoms with Crippen LogP contribution in [0, 0.1) is 20.8 Å². The van der Waals surface area contributed by atoms with E-state index in [1.807, 2.05) is 19.9 Å². The molecule has 0 aliphatic rings. The molecule has 2 aromatic heterocycles. The number of hydrogen-bond acceptors (Lipinski definition) is 6. The number of hydrogen-bond donors (Lipinski definition) is 0. The first-order chi connectivity index (χ1) is 11.9. The van der Waals surface area contributed by atoms with Crippen LogP contribution < -0.4 is 10.4 Å². The van der Waals surface area contributed by atoms with Gasteiger partial charge in [-0.25, -0.2) is 9.59 Å². The number of methoxy groups -OCH3 is 1. The molecule has 0 atom stereocenters. The van der Waals surface area contributed by atoms with Gasteiger partial charge in [0, 0.05) is 5.56 Å². The van der Waals surface area contributed by atoms with Crippen molar-refractivity contribution in [1.29, 1.82) is 0 Å². The predicted molar refractivity (Wildman–Crippen MR) is 91.1 cm³/mol. The molecule has 0 radical (unpaired) electrons. The average Bonchev–Trinajstić information content (AvgIpc) is 3.05. The molecule has 0 bridgehead atoms. The maximum Gasteiger partial charge on any atom is 0.373 e. The number of rotatable bonds is 4. The second kappa shape index (κ2) is 6.47. The molecule has 0 spiro atoms. The molecular weight excluding hydrogens is 324 g/mol. The Bertz CT molecular complexity index is 1010. The van der Waals surface area contributed by atoms with Crippen molar-refractivity contribution >= 4 is 16.9 Å². The lowest BCUT2D eigenvalue weighted by molar-refractivity contribution is 0.0561. The van der Waals surface area contributed by atoms with E-state index in [4.69, 9.17) is 13.6 Å². The lowest BCUT2D eigenvalue weighted by Crippen LogP contribution is -2.07. The topological polar surface area (TPSA) is 78.9 Å². The third-order valence-electron chi connectivity index (χ3n) is 4.07. The van der Waals surface area contributed by atoms with Crippen LogP contribution >= 0.6 is 0 Å². The summed E-state index contributed by atoms with van der Waals surface area (Å²) in [6, 6.07) is 6.87. The summed E-state index contributed by atoms with van der Waals surface area (Å²) in [7, 11) is 1.29. The van der Waals surface area contributed by atoms with Crippen molar-refractivity contribution in [3.05, 3.63) is 62.9 Å². The summed E-state index contributed by atoms with van der Waals surface area (Å²) < 4.78 is 21.3. The SMILES string of the molecule is COC(=O)c1ccc(COc2cc(C)cc3oc(=O)c(C)c(C)c23)o1. The van der Waals surface area contributed by atoms with Gasteiger partial charge in [0.25, 0.3) is 0 Å². The van der Waals surface area contributed by atoms with Crippen LogP contribution in [0.15, 0.2) is 37.9 Å². The first-order valence-electron chi connectivity index (χ1n) is 7.75. The van der Waals surface area contributed by atoms with Crippen molar-refractivity contribution in [3.63, 3.8) is 0 Å². The highest BCUT2D eigenvalue weighted by atomic mass is 16.5. The molecule has 6 nitrogen and oxygen atoms in total. The Labute approximate surface area is 144 Å². The summed E-state index contributed by atoms with van der Waals surface area (Å²) >= 11 is 0. The lowest BCUT2D eigenvalue weighted by atomic mass is 10.0. The number of carbonyl (C=O) groups excluding carboxylic acids is 1. The Morgan fingerprint density at radius 2 is 1.84 bits per heavy atom. The van der Waals surface area contributed by atoms with E-state index >= 15 is 0 Å². The van der Waals surface area contributed by atoms with Crippen molar-refractivity contribution < 1.29 is 23.1 Å². The molecule has 25 heavy (non-hydrogen) atoms. The Kier molecular flexibility index (Phi) is 4.35. The Balaban J connectivity index is 1.96. The normalized spacial score (nSPS) is 10.9. The fourth-order valence-corrected chi connectivity index (χ4v) is 2.62. The van der Waals surface area contributed by atoms with Gasteiger partial charge in [-0.3, -0.25) is 0 Å². The number of esters is 1. The molecule has 0 N–H and O–H groups in total. The van der Waals surface area contributed by atoms with E-state index in [2.05, 4.69) is 4.74 Å². The monoisotopic (exact) mass is 342 g/mol. The van der Waals surface area contributed by atoms with Gasteiger partial charge in [-0.1, -0.05) is 0 Å². The van der Waals surface area contributed by atoms with Gasteiger partial charge < -0.3 is 18.3 Å². The van der Waals surface area contributed by atoms with E-state index in [-0.39, 0.29) is 18.0 Å². The van der Waals surface area contributed by atoms with Gasteiger partial charge in [0.15, 0.2) is 0 Å². The number of fused-ring (bicyclic) bond motifs is 1. The predicted octanol–water partition coefficient (Wildman–Crippen LogP) is 3.68. The van der Waals surface area contributed by atoms with Gasteiger partial charge in [-0.15, -0.1) is 0 Å². The quantitative estimate of drug-likeness (QED) is 0.532. The molecule has 0 saturated heterocycles. The number of furan rings is 1. The summed E-state index contributed by atoms with van der Waals surface area (Å²) in [6.45, 7) is 5.61. The summed E-state index contributed by atoms with van der Waals surface area (Å²) in [4.78, 5) is 23.3. The van der Waals surface area contributed by atoms with Gasteiger partial charge in [0.2, 0.25) is 5.76 Å². The minimum atomic E-state index is -0.541. The maximum absolute atomic E-state index is 11.9. The summed E-state index contributed by atoms with van der Waals surface area (Å²) in [5.41, 5.74) is 2.40. The summed E-state index contributed by atoms with van der Waals surface area (Å²) in [6.07, 6.45) is 0. The highest BCUT2D eigenvalue weighted by Gasteiger charge is 2.15. The van der Waals surface area contributed by atoms with E-state index in [9.17, 15) is 9.59 Å².